The number of phenols is 2. The van der Waals surface area contributed by atoms with Gasteiger partial charge in [0.1, 0.15) is 11.5 Å². The van der Waals surface area contributed by atoms with Gasteiger partial charge >= 0.3 is 0 Å². The number of hydrogen-bond donors (Lipinski definition) is 3. The highest BCUT2D eigenvalue weighted by atomic mass is 16.3. The summed E-state index contributed by atoms with van der Waals surface area (Å²) in [6, 6.07) is 13.2. The van der Waals surface area contributed by atoms with Crippen LogP contribution in [0.3, 0.4) is 0 Å². The van der Waals surface area contributed by atoms with Gasteiger partial charge in [0.2, 0.25) is 0 Å². The average molecular weight is 422 g/mol. The standard InChI is InChI=1S/C27H35NO3/c1-20-16-17-21(25(30)18-20)12-9-7-5-3-2-4-6-8-10-13-23-19-22-14-11-15-24(29)26(22)28-27(23)31/h11,14-19,29-30H,2-10,12-13H2,1H3,(H,28,31). The molecule has 0 saturated heterocycles. The first kappa shape index (κ1) is 22.9. The number of hydrogen-bond acceptors (Lipinski definition) is 3. The van der Waals surface area contributed by atoms with Crippen molar-refractivity contribution in [1.82, 2.24) is 4.98 Å². The van der Waals surface area contributed by atoms with Crippen molar-refractivity contribution < 1.29 is 10.2 Å². The van der Waals surface area contributed by atoms with E-state index >= 15 is 0 Å². The molecule has 0 atom stereocenters. The summed E-state index contributed by atoms with van der Waals surface area (Å²) in [5.74, 6) is 0.554. The van der Waals surface area contributed by atoms with E-state index in [9.17, 15) is 15.0 Å². The first-order chi connectivity index (χ1) is 15.0. The maximum Gasteiger partial charge on any atom is 0.251 e. The van der Waals surface area contributed by atoms with E-state index < -0.39 is 0 Å². The van der Waals surface area contributed by atoms with Crippen LogP contribution < -0.4 is 5.56 Å². The fraction of sp³-hybridized carbons (Fsp3) is 0.444. The maximum absolute atomic E-state index is 12.2. The van der Waals surface area contributed by atoms with Crippen LogP contribution in [0, 0.1) is 6.92 Å². The largest absolute Gasteiger partial charge is 0.508 e. The lowest BCUT2D eigenvalue weighted by atomic mass is 10.0. The normalized spacial score (nSPS) is 11.3. The van der Waals surface area contributed by atoms with Crippen molar-refractivity contribution >= 4 is 10.9 Å². The van der Waals surface area contributed by atoms with Crippen LogP contribution in [0.2, 0.25) is 0 Å². The summed E-state index contributed by atoms with van der Waals surface area (Å²) in [5.41, 5.74) is 3.40. The number of rotatable bonds is 12. The van der Waals surface area contributed by atoms with E-state index in [1.54, 1.807) is 12.1 Å². The summed E-state index contributed by atoms with van der Waals surface area (Å²) in [7, 11) is 0. The minimum atomic E-state index is -0.0899. The maximum atomic E-state index is 12.2. The minimum Gasteiger partial charge on any atom is -0.508 e. The van der Waals surface area contributed by atoms with E-state index in [1.165, 1.54) is 38.5 Å². The lowest BCUT2D eigenvalue weighted by molar-refractivity contribution is 0.465. The number of aryl methyl sites for hydroxylation is 3. The summed E-state index contributed by atoms with van der Waals surface area (Å²) in [5, 5.41) is 20.7. The minimum absolute atomic E-state index is 0.0899. The molecule has 0 aliphatic carbocycles. The van der Waals surface area contributed by atoms with Crippen molar-refractivity contribution in [3.8, 4) is 11.5 Å². The molecule has 3 rings (SSSR count). The molecule has 4 heteroatoms. The highest BCUT2D eigenvalue weighted by Crippen LogP contribution is 2.22. The Labute approximate surface area is 185 Å². The molecule has 0 unspecified atom stereocenters. The van der Waals surface area contributed by atoms with Crippen LogP contribution >= 0.6 is 0 Å². The fourth-order valence-electron chi connectivity index (χ4n) is 4.20. The smallest absolute Gasteiger partial charge is 0.251 e. The molecule has 4 nitrogen and oxygen atoms in total. The van der Waals surface area contributed by atoms with Crippen LogP contribution in [0.4, 0.5) is 0 Å². The summed E-state index contributed by atoms with van der Waals surface area (Å²) in [6.45, 7) is 2.00. The third-order valence-electron chi connectivity index (χ3n) is 6.07. The zero-order valence-corrected chi connectivity index (χ0v) is 18.6. The third-order valence-corrected chi connectivity index (χ3v) is 6.07. The molecular formula is C27H35NO3. The van der Waals surface area contributed by atoms with Gasteiger partial charge in [-0.15, -0.1) is 0 Å². The molecule has 166 valence electrons. The molecule has 0 aliphatic rings. The van der Waals surface area contributed by atoms with Gasteiger partial charge in [0.05, 0.1) is 5.52 Å². The molecule has 0 amide bonds. The highest BCUT2D eigenvalue weighted by Gasteiger charge is 2.06. The van der Waals surface area contributed by atoms with Crippen LogP contribution in [-0.4, -0.2) is 15.2 Å². The Kier molecular flexibility index (Phi) is 8.57. The quantitative estimate of drug-likeness (QED) is 0.291. The van der Waals surface area contributed by atoms with Crippen molar-refractivity contribution in [3.05, 3.63) is 69.5 Å². The zero-order chi connectivity index (χ0) is 22.1. The van der Waals surface area contributed by atoms with Crippen LogP contribution in [0.1, 0.15) is 74.5 Å². The predicted molar refractivity (Wildman–Crippen MR) is 128 cm³/mol. The van der Waals surface area contributed by atoms with Gasteiger partial charge < -0.3 is 15.2 Å². The number of fused-ring (bicyclic) bond motifs is 1. The lowest BCUT2D eigenvalue weighted by Crippen LogP contribution is -2.12. The Bertz CT molecular complexity index is 1040. The number of benzene rings is 2. The second-order valence-corrected chi connectivity index (χ2v) is 8.68. The fourth-order valence-corrected chi connectivity index (χ4v) is 4.20. The van der Waals surface area contributed by atoms with Gasteiger partial charge in [-0.3, -0.25) is 4.79 Å². The Morgan fingerprint density at radius 3 is 1.97 bits per heavy atom. The number of para-hydroxylation sites is 1. The lowest BCUT2D eigenvalue weighted by Gasteiger charge is -2.06. The van der Waals surface area contributed by atoms with Gasteiger partial charge in [0.15, 0.2) is 0 Å². The van der Waals surface area contributed by atoms with Gasteiger partial charge in [-0.2, -0.15) is 0 Å². The number of aromatic amines is 1. The van der Waals surface area contributed by atoms with E-state index in [-0.39, 0.29) is 11.3 Å². The molecule has 0 bridgehead atoms. The molecule has 0 fully saturated rings. The zero-order valence-electron chi connectivity index (χ0n) is 18.6. The van der Waals surface area contributed by atoms with Crippen LogP contribution in [0.5, 0.6) is 11.5 Å². The van der Waals surface area contributed by atoms with Crippen molar-refractivity contribution in [1.29, 1.82) is 0 Å². The Hall–Kier alpha value is -2.75. The first-order valence-electron chi connectivity index (χ1n) is 11.7. The number of aromatic hydroxyl groups is 2. The molecule has 0 radical (unpaired) electrons. The van der Waals surface area contributed by atoms with Gasteiger partial charge in [0.25, 0.3) is 5.56 Å². The number of H-pyrrole nitrogens is 1. The van der Waals surface area contributed by atoms with Crippen molar-refractivity contribution in [2.45, 2.75) is 77.6 Å². The van der Waals surface area contributed by atoms with E-state index in [0.29, 0.717) is 11.3 Å². The molecular weight excluding hydrogens is 386 g/mol. The monoisotopic (exact) mass is 421 g/mol. The second kappa shape index (κ2) is 11.6. The van der Waals surface area contributed by atoms with Crippen molar-refractivity contribution in [3.63, 3.8) is 0 Å². The van der Waals surface area contributed by atoms with Crippen molar-refractivity contribution in [2.24, 2.45) is 0 Å². The van der Waals surface area contributed by atoms with E-state index in [4.69, 9.17) is 0 Å². The van der Waals surface area contributed by atoms with Gasteiger partial charge in [-0.25, -0.2) is 0 Å². The molecule has 0 spiro atoms. The molecule has 1 aromatic heterocycles. The summed E-state index contributed by atoms with van der Waals surface area (Å²) in [6.07, 6.45) is 12.5. The number of pyridine rings is 1. The van der Waals surface area contributed by atoms with Gasteiger partial charge in [-0.05, 0) is 61.9 Å². The van der Waals surface area contributed by atoms with Crippen LogP contribution in [0.15, 0.2) is 47.3 Å². The molecule has 31 heavy (non-hydrogen) atoms. The second-order valence-electron chi connectivity index (χ2n) is 8.68. The van der Waals surface area contributed by atoms with Crippen LogP contribution in [0.25, 0.3) is 10.9 Å². The predicted octanol–water partition coefficient (Wildman–Crippen LogP) is 6.54. The Morgan fingerprint density at radius 2 is 1.32 bits per heavy atom. The summed E-state index contributed by atoms with van der Waals surface area (Å²) in [4.78, 5) is 15.0. The number of phenolic OH excluding ortho intramolecular Hbond substituents is 2. The Balaban J connectivity index is 1.24. The first-order valence-corrected chi connectivity index (χ1v) is 11.7. The van der Waals surface area contributed by atoms with E-state index in [1.807, 2.05) is 31.2 Å². The molecule has 0 saturated carbocycles. The number of nitrogens with one attached hydrogen (secondary N) is 1. The molecule has 2 aromatic carbocycles. The summed E-state index contributed by atoms with van der Waals surface area (Å²) < 4.78 is 0. The highest BCUT2D eigenvalue weighted by molar-refractivity contribution is 5.84. The number of aromatic nitrogens is 1. The van der Waals surface area contributed by atoms with Crippen LogP contribution in [-0.2, 0) is 12.8 Å². The number of unbranched alkanes of at least 4 members (excludes halogenated alkanes) is 8. The average Bonchev–Trinajstić information content (AvgIpc) is 2.74. The Morgan fingerprint density at radius 1 is 0.710 bits per heavy atom. The van der Waals surface area contributed by atoms with E-state index in [0.717, 1.165) is 54.2 Å². The molecule has 3 aromatic rings. The molecule has 0 aliphatic heterocycles. The SMILES string of the molecule is Cc1ccc(CCCCCCCCCCCc2cc3cccc(O)c3[nH]c2=O)c(O)c1. The van der Waals surface area contributed by atoms with Crippen molar-refractivity contribution in [2.75, 3.05) is 0 Å². The van der Waals surface area contributed by atoms with E-state index in [2.05, 4.69) is 11.1 Å². The topological polar surface area (TPSA) is 73.3 Å². The van der Waals surface area contributed by atoms with Gasteiger partial charge in [-0.1, -0.05) is 69.2 Å². The third kappa shape index (κ3) is 6.88. The summed E-state index contributed by atoms with van der Waals surface area (Å²) >= 11 is 0. The van der Waals surface area contributed by atoms with Gasteiger partial charge in [0, 0.05) is 10.9 Å². The molecule has 1 heterocycles. The molecule has 3 N–H and O–H groups in total.